The van der Waals surface area contributed by atoms with Gasteiger partial charge in [-0.2, -0.15) is 0 Å². The normalized spacial score (nSPS) is 11.6. The smallest absolute Gasteiger partial charge is 0.339 e. The highest BCUT2D eigenvalue weighted by atomic mass is 16.5. The predicted octanol–water partition coefficient (Wildman–Crippen LogP) is 6.18. The molecule has 0 fully saturated rings. The number of nitrogens with one attached hydrogen (secondary N) is 1. The molecule has 0 aliphatic carbocycles. The summed E-state index contributed by atoms with van der Waals surface area (Å²) in [6, 6.07) is 17.9. The second kappa shape index (κ2) is 17.5. The van der Waals surface area contributed by atoms with Crippen molar-refractivity contribution in [2.75, 3.05) is 19.8 Å². The van der Waals surface area contributed by atoms with Gasteiger partial charge in [-0.15, -0.1) is 0 Å². The third-order valence-corrected chi connectivity index (χ3v) is 5.57. The Morgan fingerprint density at radius 1 is 0.972 bits per heavy atom. The van der Waals surface area contributed by atoms with Crippen LogP contribution < -0.4 is 10.1 Å². The summed E-state index contributed by atoms with van der Waals surface area (Å²) in [6.07, 6.45) is 9.85. The molecule has 0 radical (unpaired) electrons. The largest absolute Gasteiger partial charge is 0.490 e. The number of carbonyl (C=O) groups is 1. The molecule has 196 valence electrons. The van der Waals surface area contributed by atoms with E-state index in [0.717, 1.165) is 29.4 Å². The Kier molecular flexibility index (Phi) is 14.2. The Bertz CT molecular complexity index is 989. The summed E-state index contributed by atoms with van der Waals surface area (Å²) in [5, 5.41) is 15.3. The van der Waals surface area contributed by atoms with Crippen molar-refractivity contribution in [2.24, 2.45) is 0 Å². The maximum absolute atomic E-state index is 11.5. The maximum atomic E-state index is 11.5. The summed E-state index contributed by atoms with van der Waals surface area (Å²) >= 11 is 0. The molecule has 0 bridgehead atoms. The molecule has 0 amide bonds. The van der Waals surface area contributed by atoms with Gasteiger partial charge in [-0.05, 0) is 30.0 Å². The van der Waals surface area contributed by atoms with Crippen molar-refractivity contribution in [1.29, 1.82) is 0 Å². The van der Waals surface area contributed by atoms with Crippen molar-refractivity contribution in [3.63, 3.8) is 0 Å². The van der Waals surface area contributed by atoms with Crippen LogP contribution >= 0.6 is 0 Å². The Hall–Kier alpha value is -2.96. The summed E-state index contributed by atoms with van der Waals surface area (Å²) in [4.78, 5) is 15.4. The van der Waals surface area contributed by atoms with Crippen molar-refractivity contribution in [3.05, 3.63) is 72.6 Å². The lowest BCUT2D eigenvalue weighted by atomic mass is 10.1. The van der Waals surface area contributed by atoms with Crippen LogP contribution in [0.1, 0.15) is 69.7 Å². The quantitative estimate of drug-likeness (QED) is 0.206. The number of hydrogen-bond donors (Lipinski definition) is 2. The first kappa shape index (κ1) is 29.3. The molecule has 0 saturated carbocycles. The van der Waals surface area contributed by atoms with Crippen molar-refractivity contribution < 1.29 is 19.4 Å². The van der Waals surface area contributed by atoms with Crippen LogP contribution in [0.5, 0.6) is 5.75 Å². The number of pyridine rings is 1. The van der Waals surface area contributed by atoms with Crippen LogP contribution in [-0.2, 0) is 4.74 Å². The highest BCUT2D eigenvalue weighted by Crippen LogP contribution is 2.25. The molecule has 0 saturated heterocycles. The lowest BCUT2D eigenvalue weighted by Crippen LogP contribution is -2.35. The molecule has 1 heterocycles. The first-order chi connectivity index (χ1) is 17.5. The van der Waals surface area contributed by atoms with Crippen LogP contribution in [0, 0.1) is 0 Å². The topological polar surface area (TPSA) is 80.7 Å². The van der Waals surface area contributed by atoms with E-state index in [1.54, 1.807) is 18.3 Å². The molecule has 3 aromatic rings. The van der Waals surface area contributed by atoms with E-state index in [9.17, 15) is 9.90 Å². The average molecular weight is 495 g/mol. The highest BCUT2D eigenvalue weighted by Gasteiger charge is 2.08. The Balaban J connectivity index is 0.000000255. The zero-order valence-electron chi connectivity index (χ0n) is 22.0. The van der Waals surface area contributed by atoms with Crippen molar-refractivity contribution in [2.45, 2.75) is 71.4 Å². The van der Waals surface area contributed by atoms with Gasteiger partial charge in [0, 0.05) is 30.4 Å². The van der Waals surface area contributed by atoms with Crippen LogP contribution in [0.4, 0.5) is 0 Å². The number of fused-ring (bicyclic) bond motifs is 1. The zero-order chi connectivity index (χ0) is 26.0. The first-order valence-electron chi connectivity index (χ1n) is 13.1. The summed E-state index contributed by atoms with van der Waals surface area (Å²) < 4.78 is 10.9. The minimum absolute atomic E-state index is 0.272. The van der Waals surface area contributed by atoms with Crippen LogP contribution in [-0.4, -0.2) is 48.0 Å². The summed E-state index contributed by atoms with van der Waals surface area (Å²) in [5.74, 6) is 0.549. The number of ether oxygens (including phenoxy) is 2. The van der Waals surface area contributed by atoms with E-state index in [0.29, 0.717) is 31.4 Å². The lowest BCUT2D eigenvalue weighted by Gasteiger charge is -2.15. The Morgan fingerprint density at radius 3 is 2.47 bits per heavy atom. The van der Waals surface area contributed by atoms with Gasteiger partial charge in [0.05, 0.1) is 12.2 Å². The van der Waals surface area contributed by atoms with Gasteiger partial charge in [-0.25, -0.2) is 4.79 Å². The second-order valence-electron chi connectivity index (χ2n) is 9.15. The number of nitrogens with zero attached hydrogens (tertiary/aromatic N) is 1. The number of unbranched alkanes of at least 4 members (excludes halogenated alkanes) is 5. The zero-order valence-corrected chi connectivity index (χ0v) is 22.0. The maximum Gasteiger partial charge on any atom is 0.339 e. The molecule has 6 nitrogen and oxygen atoms in total. The number of rotatable bonds is 14. The van der Waals surface area contributed by atoms with Gasteiger partial charge < -0.3 is 19.9 Å². The second-order valence-corrected chi connectivity index (χ2v) is 9.15. The molecule has 6 heteroatoms. The van der Waals surface area contributed by atoms with Gasteiger partial charge in [0.2, 0.25) is 0 Å². The third-order valence-electron chi connectivity index (χ3n) is 5.57. The predicted molar refractivity (Wildman–Crippen MR) is 146 cm³/mol. The Labute approximate surface area is 216 Å². The molecule has 0 aliphatic heterocycles. The molecule has 1 aromatic heterocycles. The van der Waals surface area contributed by atoms with Crippen molar-refractivity contribution in [1.82, 2.24) is 10.3 Å². The number of benzene rings is 2. The van der Waals surface area contributed by atoms with Crippen LogP contribution in [0.3, 0.4) is 0 Å². The van der Waals surface area contributed by atoms with E-state index in [-0.39, 0.29) is 5.97 Å². The Morgan fingerprint density at radius 2 is 1.72 bits per heavy atom. The number of aliphatic hydroxyl groups excluding tert-OH is 1. The molecule has 2 aromatic carbocycles. The van der Waals surface area contributed by atoms with Gasteiger partial charge >= 0.3 is 5.97 Å². The molecule has 2 N–H and O–H groups in total. The van der Waals surface area contributed by atoms with Crippen molar-refractivity contribution >= 4 is 16.7 Å². The number of aliphatic hydroxyl groups is 1. The van der Waals surface area contributed by atoms with E-state index in [4.69, 9.17) is 9.47 Å². The van der Waals surface area contributed by atoms with E-state index in [1.165, 1.54) is 31.9 Å². The van der Waals surface area contributed by atoms with Crippen LogP contribution in [0.15, 0.2) is 67.0 Å². The molecule has 36 heavy (non-hydrogen) atoms. The minimum atomic E-state index is -0.499. The number of carbonyl (C=O) groups excluding carboxylic acids is 1. The fraction of sp³-hybridized carbons (Fsp3) is 0.467. The minimum Gasteiger partial charge on any atom is -0.490 e. The summed E-state index contributed by atoms with van der Waals surface area (Å²) in [5.41, 5.74) is 0.526. The third kappa shape index (κ3) is 11.6. The molecule has 1 atom stereocenters. The standard InChI is InChI=1S/C16H21NO2.C14H21NO2/c1-12(2)17-10-14(18)11-19-16-9-5-7-13-6-3-4-8-15(13)16;1-2-3-4-5-6-7-11-17-14(16)13-9-8-10-15-12-13/h3-9,12,14,17-18H,10-11H2,1-2H3;8-10,12H,2-7,11H2,1H3. The van der Waals surface area contributed by atoms with E-state index in [2.05, 4.69) is 43.2 Å². The molecular formula is C30H42N2O4. The molecule has 3 rings (SSSR count). The van der Waals surface area contributed by atoms with E-state index in [1.807, 2.05) is 30.3 Å². The van der Waals surface area contributed by atoms with Crippen molar-refractivity contribution in [3.8, 4) is 5.75 Å². The number of aromatic nitrogens is 1. The van der Waals surface area contributed by atoms with Gasteiger partial charge in [0.15, 0.2) is 0 Å². The summed E-state index contributed by atoms with van der Waals surface area (Å²) in [7, 11) is 0. The van der Waals surface area contributed by atoms with Crippen LogP contribution in [0.25, 0.3) is 10.8 Å². The first-order valence-corrected chi connectivity index (χ1v) is 13.1. The number of esters is 1. The fourth-order valence-electron chi connectivity index (χ4n) is 3.55. The van der Waals surface area contributed by atoms with Gasteiger partial charge in [-0.3, -0.25) is 4.98 Å². The molecule has 1 unspecified atom stereocenters. The molecule has 0 spiro atoms. The monoisotopic (exact) mass is 494 g/mol. The average Bonchev–Trinajstić information content (AvgIpc) is 2.91. The van der Waals surface area contributed by atoms with E-state index >= 15 is 0 Å². The van der Waals surface area contributed by atoms with Gasteiger partial charge in [-0.1, -0.05) is 89.3 Å². The number of hydrogen-bond acceptors (Lipinski definition) is 6. The van der Waals surface area contributed by atoms with Gasteiger partial charge in [0.1, 0.15) is 18.5 Å². The fourth-order valence-corrected chi connectivity index (χ4v) is 3.55. The summed E-state index contributed by atoms with van der Waals surface area (Å²) in [6.45, 7) is 7.67. The lowest BCUT2D eigenvalue weighted by molar-refractivity contribution is 0.0497. The highest BCUT2D eigenvalue weighted by molar-refractivity contribution is 5.89. The molecule has 0 aliphatic rings. The van der Waals surface area contributed by atoms with Gasteiger partial charge in [0.25, 0.3) is 0 Å². The van der Waals surface area contributed by atoms with E-state index < -0.39 is 6.10 Å². The SMILES string of the molecule is CC(C)NCC(O)COc1cccc2ccccc12.CCCCCCCCOC(=O)c1cccnc1. The molecular weight excluding hydrogens is 452 g/mol. The van der Waals surface area contributed by atoms with Crippen LogP contribution in [0.2, 0.25) is 0 Å².